The van der Waals surface area contributed by atoms with Gasteiger partial charge in [-0.2, -0.15) is 0 Å². The van der Waals surface area contributed by atoms with Gasteiger partial charge in [-0.25, -0.2) is 4.39 Å². The molecule has 0 amide bonds. The fraction of sp³-hybridized carbons (Fsp3) is 0.333. The van der Waals surface area contributed by atoms with Crippen LogP contribution >= 0.6 is 0 Å². The van der Waals surface area contributed by atoms with Gasteiger partial charge in [0.05, 0.1) is 7.11 Å². The van der Waals surface area contributed by atoms with Crippen molar-refractivity contribution < 1.29 is 9.13 Å². The zero-order chi connectivity index (χ0) is 10.6. The van der Waals surface area contributed by atoms with Gasteiger partial charge in [0.2, 0.25) is 0 Å². The third-order valence-electron chi connectivity index (χ3n) is 2.12. The largest absolute Gasteiger partial charge is 0.494 e. The molecule has 1 aromatic rings. The van der Waals surface area contributed by atoms with E-state index in [4.69, 9.17) is 4.74 Å². The van der Waals surface area contributed by atoms with Crippen LogP contribution < -0.4 is 4.74 Å². The number of ether oxygens (including phenoxy) is 1. The number of methoxy groups -OCH3 is 1. The highest BCUT2D eigenvalue weighted by Crippen LogP contribution is 2.22. The van der Waals surface area contributed by atoms with E-state index in [2.05, 4.69) is 13.0 Å². The van der Waals surface area contributed by atoms with Crippen LogP contribution in [0.5, 0.6) is 5.75 Å². The van der Waals surface area contributed by atoms with Gasteiger partial charge in [-0.15, -0.1) is 0 Å². The first-order valence-electron chi connectivity index (χ1n) is 4.69. The average Bonchev–Trinajstić information content (AvgIpc) is 2.18. The molecule has 0 spiro atoms. The molecule has 1 rings (SSSR count). The summed E-state index contributed by atoms with van der Waals surface area (Å²) in [7, 11) is 1.47. The molecule has 1 aromatic carbocycles. The molecular weight excluding hydrogens is 179 g/mol. The Labute approximate surface area is 84.2 Å². The lowest BCUT2D eigenvalue weighted by atomic mass is 10.1. The molecule has 0 aliphatic rings. The highest BCUT2D eigenvalue weighted by Gasteiger charge is 2.03. The van der Waals surface area contributed by atoms with Crippen molar-refractivity contribution in [1.82, 2.24) is 0 Å². The molecule has 0 N–H and O–H groups in total. The SMILES string of the molecule is CC/C=C(\C)c1ccc(OC)c(F)c1. The molecule has 0 saturated carbocycles. The second-order valence-electron chi connectivity index (χ2n) is 3.14. The smallest absolute Gasteiger partial charge is 0.165 e. The predicted molar refractivity (Wildman–Crippen MR) is 56.9 cm³/mol. The second-order valence-corrected chi connectivity index (χ2v) is 3.14. The highest BCUT2D eigenvalue weighted by molar-refractivity contribution is 5.64. The molecule has 0 saturated heterocycles. The molecule has 14 heavy (non-hydrogen) atoms. The summed E-state index contributed by atoms with van der Waals surface area (Å²) in [6.07, 6.45) is 3.03. The number of rotatable bonds is 3. The molecule has 0 radical (unpaired) electrons. The molecule has 0 atom stereocenters. The van der Waals surface area contributed by atoms with E-state index in [-0.39, 0.29) is 11.6 Å². The van der Waals surface area contributed by atoms with Crippen LogP contribution in [0.2, 0.25) is 0 Å². The quantitative estimate of drug-likeness (QED) is 0.713. The summed E-state index contributed by atoms with van der Waals surface area (Å²) >= 11 is 0. The second kappa shape index (κ2) is 4.80. The van der Waals surface area contributed by atoms with Gasteiger partial charge in [0.1, 0.15) is 0 Å². The maximum Gasteiger partial charge on any atom is 0.165 e. The Morgan fingerprint density at radius 1 is 1.50 bits per heavy atom. The van der Waals surface area contributed by atoms with Crippen molar-refractivity contribution in [2.45, 2.75) is 20.3 Å². The zero-order valence-corrected chi connectivity index (χ0v) is 8.80. The van der Waals surface area contributed by atoms with E-state index in [9.17, 15) is 4.39 Å². The first-order chi connectivity index (χ1) is 6.69. The Kier molecular flexibility index (Phi) is 3.69. The molecular formula is C12H15FO. The van der Waals surface area contributed by atoms with E-state index >= 15 is 0 Å². The summed E-state index contributed by atoms with van der Waals surface area (Å²) in [5.74, 6) is -0.0214. The van der Waals surface area contributed by atoms with Crippen molar-refractivity contribution in [3.8, 4) is 5.75 Å². The molecule has 76 valence electrons. The average molecular weight is 194 g/mol. The monoisotopic (exact) mass is 194 g/mol. The first kappa shape index (κ1) is 10.8. The summed E-state index contributed by atoms with van der Waals surface area (Å²) < 4.78 is 18.1. The minimum Gasteiger partial charge on any atom is -0.494 e. The van der Waals surface area contributed by atoms with Crippen molar-refractivity contribution in [3.05, 3.63) is 35.7 Å². The number of benzene rings is 1. The molecule has 0 heterocycles. The molecule has 2 heteroatoms. The lowest BCUT2D eigenvalue weighted by Crippen LogP contribution is -1.89. The van der Waals surface area contributed by atoms with E-state index in [0.717, 1.165) is 17.6 Å². The topological polar surface area (TPSA) is 9.23 Å². The summed E-state index contributed by atoms with van der Waals surface area (Å²) in [4.78, 5) is 0. The van der Waals surface area contributed by atoms with Gasteiger partial charge in [0.15, 0.2) is 11.6 Å². The van der Waals surface area contributed by atoms with Gasteiger partial charge in [0, 0.05) is 0 Å². The maximum absolute atomic E-state index is 13.3. The minimum atomic E-state index is -0.311. The van der Waals surface area contributed by atoms with Crippen LogP contribution in [0.1, 0.15) is 25.8 Å². The van der Waals surface area contributed by atoms with Crippen molar-refractivity contribution in [1.29, 1.82) is 0 Å². The Bertz CT molecular complexity index is 342. The van der Waals surface area contributed by atoms with Crippen LogP contribution in [0, 0.1) is 5.82 Å². The standard InChI is InChI=1S/C12H15FO/c1-4-5-9(2)10-6-7-12(14-3)11(13)8-10/h5-8H,4H2,1-3H3/b9-5+. The van der Waals surface area contributed by atoms with Crippen LogP contribution in [0.3, 0.4) is 0 Å². The van der Waals surface area contributed by atoms with Gasteiger partial charge in [-0.05, 0) is 36.6 Å². The van der Waals surface area contributed by atoms with E-state index in [1.807, 2.05) is 13.0 Å². The van der Waals surface area contributed by atoms with Crippen LogP contribution in [-0.2, 0) is 0 Å². The molecule has 0 unspecified atom stereocenters. The summed E-state index contributed by atoms with van der Waals surface area (Å²) in [5.41, 5.74) is 2.00. The van der Waals surface area contributed by atoms with Gasteiger partial charge in [-0.1, -0.05) is 19.1 Å². The number of hydrogen-bond donors (Lipinski definition) is 0. The Hall–Kier alpha value is -1.31. The Balaban J connectivity index is 3.02. The van der Waals surface area contributed by atoms with Crippen LogP contribution in [0.15, 0.2) is 24.3 Å². The van der Waals surface area contributed by atoms with Gasteiger partial charge >= 0.3 is 0 Å². The molecule has 0 aliphatic carbocycles. The van der Waals surface area contributed by atoms with Crippen LogP contribution in [0.4, 0.5) is 4.39 Å². The summed E-state index contributed by atoms with van der Waals surface area (Å²) in [6.45, 7) is 4.04. The van der Waals surface area contributed by atoms with Crippen LogP contribution in [0.25, 0.3) is 5.57 Å². The normalized spacial score (nSPS) is 11.6. The fourth-order valence-corrected chi connectivity index (χ4v) is 1.34. The first-order valence-corrected chi connectivity index (χ1v) is 4.69. The summed E-state index contributed by atoms with van der Waals surface area (Å²) in [6, 6.07) is 5.02. The van der Waals surface area contributed by atoms with Gasteiger partial charge in [0.25, 0.3) is 0 Å². The molecule has 1 nitrogen and oxygen atoms in total. The molecule has 0 fully saturated rings. The zero-order valence-electron chi connectivity index (χ0n) is 8.80. The molecule has 0 aliphatic heterocycles. The van der Waals surface area contributed by atoms with E-state index in [1.165, 1.54) is 13.2 Å². The summed E-state index contributed by atoms with van der Waals surface area (Å²) in [5, 5.41) is 0. The lowest BCUT2D eigenvalue weighted by molar-refractivity contribution is 0.386. The Morgan fingerprint density at radius 2 is 2.21 bits per heavy atom. The Morgan fingerprint density at radius 3 is 2.71 bits per heavy atom. The van der Waals surface area contributed by atoms with Crippen molar-refractivity contribution >= 4 is 5.57 Å². The minimum absolute atomic E-state index is 0.290. The number of allylic oxidation sites excluding steroid dienone is 2. The molecule has 0 aromatic heterocycles. The van der Waals surface area contributed by atoms with Crippen molar-refractivity contribution in [2.24, 2.45) is 0 Å². The highest BCUT2D eigenvalue weighted by atomic mass is 19.1. The van der Waals surface area contributed by atoms with E-state index in [0.29, 0.717) is 0 Å². The predicted octanol–water partition coefficient (Wildman–Crippen LogP) is 3.65. The fourth-order valence-electron chi connectivity index (χ4n) is 1.34. The third kappa shape index (κ3) is 2.34. The van der Waals surface area contributed by atoms with Gasteiger partial charge < -0.3 is 4.74 Å². The van der Waals surface area contributed by atoms with Crippen LogP contribution in [-0.4, -0.2) is 7.11 Å². The van der Waals surface area contributed by atoms with Gasteiger partial charge in [-0.3, -0.25) is 0 Å². The van der Waals surface area contributed by atoms with E-state index in [1.54, 1.807) is 6.07 Å². The van der Waals surface area contributed by atoms with Crippen molar-refractivity contribution in [3.63, 3.8) is 0 Å². The third-order valence-corrected chi connectivity index (χ3v) is 2.12. The lowest BCUT2D eigenvalue weighted by Gasteiger charge is -2.05. The van der Waals surface area contributed by atoms with E-state index < -0.39 is 0 Å². The number of hydrogen-bond acceptors (Lipinski definition) is 1. The number of halogens is 1. The molecule has 0 bridgehead atoms. The maximum atomic E-state index is 13.3. The van der Waals surface area contributed by atoms with Crippen molar-refractivity contribution in [2.75, 3.05) is 7.11 Å².